The van der Waals surface area contributed by atoms with Crippen molar-refractivity contribution < 1.29 is 32.0 Å². The maximum atomic E-state index is 13.1. The largest absolute Gasteiger partial charge is 0.477 e. The SMILES string of the molecule is CCN(C(=O)COc1ccc(S(=O)(=O)N2CCOCC2)cc1[N+](=O)[O-])c1ccc(F)cc1. The summed E-state index contributed by atoms with van der Waals surface area (Å²) in [4.78, 5) is 24.4. The van der Waals surface area contributed by atoms with E-state index in [4.69, 9.17) is 9.47 Å². The van der Waals surface area contributed by atoms with Gasteiger partial charge in [-0.15, -0.1) is 0 Å². The van der Waals surface area contributed by atoms with Crippen LogP contribution in [0.3, 0.4) is 0 Å². The lowest BCUT2D eigenvalue weighted by Gasteiger charge is -2.26. The fraction of sp³-hybridized carbons (Fsp3) is 0.350. The van der Waals surface area contributed by atoms with Crippen molar-refractivity contribution in [3.05, 3.63) is 58.4 Å². The lowest BCUT2D eigenvalue weighted by atomic mass is 10.2. The molecule has 0 N–H and O–H groups in total. The molecule has 0 bridgehead atoms. The molecule has 1 saturated heterocycles. The summed E-state index contributed by atoms with van der Waals surface area (Å²) in [6.07, 6.45) is 0. The van der Waals surface area contributed by atoms with Crippen LogP contribution in [0.4, 0.5) is 15.8 Å². The molecular weight excluding hydrogens is 445 g/mol. The second kappa shape index (κ2) is 10.0. The minimum Gasteiger partial charge on any atom is -0.477 e. The van der Waals surface area contributed by atoms with E-state index in [1.165, 1.54) is 39.5 Å². The van der Waals surface area contributed by atoms with Crippen LogP contribution in [-0.4, -0.2) is 63.0 Å². The fourth-order valence-electron chi connectivity index (χ4n) is 3.20. The molecular formula is C20H22FN3O7S. The number of morpholine rings is 1. The molecule has 0 spiro atoms. The van der Waals surface area contributed by atoms with Crippen LogP contribution in [-0.2, 0) is 19.6 Å². The number of anilines is 1. The number of nitro groups is 1. The van der Waals surface area contributed by atoms with Gasteiger partial charge in [-0.05, 0) is 43.3 Å². The molecule has 1 aliphatic heterocycles. The Morgan fingerprint density at radius 1 is 1.22 bits per heavy atom. The Labute approximate surface area is 184 Å². The van der Waals surface area contributed by atoms with E-state index in [-0.39, 0.29) is 43.5 Å². The van der Waals surface area contributed by atoms with E-state index < -0.39 is 39.0 Å². The maximum absolute atomic E-state index is 13.1. The number of benzene rings is 2. The van der Waals surface area contributed by atoms with Gasteiger partial charge in [0, 0.05) is 31.4 Å². The summed E-state index contributed by atoms with van der Waals surface area (Å²) in [6.45, 7) is 2.25. The molecule has 0 unspecified atom stereocenters. The molecule has 2 aromatic rings. The Morgan fingerprint density at radius 2 is 1.88 bits per heavy atom. The maximum Gasteiger partial charge on any atom is 0.312 e. The number of likely N-dealkylation sites (N-methyl/N-ethyl adjacent to an activating group) is 1. The summed E-state index contributed by atoms with van der Waals surface area (Å²) in [5.74, 6) is -1.19. The highest BCUT2D eigenvalue weighted by molar-refractivity contribution is 7.89. The number of ether oxygens (including phenoxy) is 2. The van der Waals surface area contributed by atoms with Crippen LogP contribution in [0.2, 0.25) is 0 Å². The zero-order chi connectivity index (χ0) is 23.3. The van der Waals surface area contributed by atoms with E-state index >= 15 is 0 Å². The lowest BCUT2D eigenvalue weighted by Crippen LogP contribution is -2.40. The van der Waals surface area contributed by atoms with Crippen LogP contribution in [0, 0.1) is 15.9 Å². The highest BCUT2D eigenvalue weighted by Gasteiger charge is 2.29. The Balaban J connectivity index is 1.78. The number of sulfonamides is 1. The van der Waals surface area contributed by atoms with Gasteiger partial charge in [-0.1, -0.05) is 0 Å². The van der Waals surface area contributed by atoms with Crippen LogP contribution in [0.1, 0.15) is 6.92 Å². The van der Waals surface area contributed by atoms with Gasteiger partial charge in [0.25, 0.3) is 5.91 Å². The normalized spacial score (nSPS) is 14.7. The number of rotatable bonds is 8. The average Bonchev–Trinajstić information content (AvgIpc) is 2.79. The average molecular weight is 467 g/mol. The molecule has 32 heavy (non-hydrogen) atoms. The molecule has 1 fully saturated rings. The molecule has 2 aromatic carbocycles. The zero-order valence-electron chi connectivity index (χ0n) is 17.3. The zero-order valence-corrected chi connectivity index (χ0v) is 18.1. The van der Waals surface area contributed by atoms with Gasteiger partial charge in [0.1, 0.15) is 5.82 Å². The molecule has 0 atom stereocenters. The number of nitro benzene ring substituents is 1. The van der Waals surface area contributed by atoms with Gasteiger partial charge in [0.15, 0.2) is 12.4 Å². The van der Waals surface area contributed by atoms with Gasteiger partial charge in [0.2, 0.25) is 10.0 Å². The summed E-state index contributed by atoms with van der Waals surface area (Å²) in [7, 11) is -3.94. The molecule has 1 heterocycles. The van der Waals surface area contributed by atoms with Crippen molar-refractivity contribution in [3.8, 4) is 5.75 Å². The molecule has 172 valence electrons. The number of hydrogen-bond donors (Lipinski definition) is 0. The van der Waals surface area contributed by atoms with Gasteiger partial charge >= 0.3 is 5.69 Å². The summed E-state index contributed by atoms with van der Waals surface area (Å²) in [6, 6.07) is 8.58. The molecule has 10 nitrogen and oxygen atoms in total. The van der Waals surface area contributed by atoms with Gasteiger partial charge in [-0.3, -0.25) is 14.9 Å². The van der Waals surface area contributed by atoms with Crippen LogP contribution in [0.25, 0.3) is 0 Å². The molecule has 0 aliphatic carbocycles. The first-order chi connectivity index (χ1) is 15.2. The van der Waals surface area contributed by atoms with Crippen LogP contribution >= 0.6 is 0 Å². The van der Waals surface area contributed by atoms with E-state index in [0.29, 0.717) is 5.69 Å². The second-order valence-corrected chi connectivity index (χ2v) is 8.74. The van der Waals surface area contributed by atoms with Crippen molar-refractivity contribution in [1.29, 1.82) is 0 Å². The third kappa shape index (κ3) is 5.21. The fourth-order valence-corrected chi connectivity index (χ4v) is 4.63. The molecule has 12 heteroatoms. The summed E-state index contributed by atoms with van der Waals surface area (Å²) in [5.41, 5.74) is -0.124. The standard InChI is InChI=1S/C20H22FN3O7S/c1-2-23(16-5-3-15(21)4-6-16)20(25)14-31-19-8-7-17(13-18(19)24(26)27)32(28,29)22-9-11-30-12-10-22/h3-8,13H,2,9-12,14H2,1H3. The highest BCUT2D eigenvalue weighted by atomic mass is 32.2. The van der Waals surface area contributed by atoms with Crippen LogP contribution in [0.15, 0.2) is 47.4 Å². The first-order valence-corrected chi connectivity index (χ1v) is 11.2. The van der Waals surface area contributed by atoms with Crippen molar-refractivity contribution in [2.75, 3.05) is 44.4 Å². The molecule has 1 aliphatic rings. The van der Waals surface area contributed by atoms with Crippen molar-refractivity contribution in [2.45, 2.75) is 11.8 Å². The van der Waals surface area contributed by atoms with E-state index in [9.17, 15) is 27.7 Å². The number of carbonyl (C=O) groups excluding carboxylic acids is 1. The Bertz CT molecular complexity index is 1090. The number of hydrogen-bond acceptors (Lipinski definition) is 7. The third-order valence-electron chi connectivity index (χ3n) is 4.84. The van der Waals surface area contributed by atoms with Gasteiger partial charge < -0.3 is 14.4 Å². The molecule has 0 aromatic heterocycles. The van der Waals surface area contributed by atoms with Crippen molar-refractivity contribution in [1.82, 2.24) is 4.31 Å². The van der Waals surface area contributed by atoms with Crippen molar-refractivity contribution in [2.24, 2.45) is 0 Å². The number of amides is 1. The monoisotopic (exact) mass is 467 g/mol. The summed E-state index contributed by atoms with van der Waals surface area (Å²) < 4.78 is 50.4. The predicted octanol–water partition coefficient (Wildman–Crippen LogP) is 2.19. The Morgan fingerprint density at radius 3 is 2.47 bits per heavy atom. The number of nitrogens with zero attached hydrogens (tertiary/aromatic N) is 3. The van der Waals surface area contributed by atoms with Crippen LogP contribution < -0.4 is 9.64 Å². The topological polar surface area (TPSA) is 119 Å². The molecule has 3 rings (SSSR count). The lowest BCUT2D eigenvalue weighted by molar-refractivity contribution is -0.386. The highest BCUT2D eigenvalue weighted by Crippen LogP contribution is 2.31. The first kappa shape index (κ1) is 23.6. The van der Waals surface area contributed by atoms with Gasteiger partial charge in [0.05, 0.1) is 23.0 Å². The second-order valence-electron chi connectivity index (χ2n) is 6.81. The molecule has 1 amide bonds. The summed E-state index contributed by atoms with van der Waals surface area (Å²) in [5, 5.41) is 11.5. The quantitative estimate of drug-likeness (QED) is 0.431. The van der Waals surface area contributed by atoms with Gasteiger partial charge in [-0.25, -0.2) is 12.8 Å². The number of carbonyl (C=O) groups is 1. The van der Waals surface area contributed by atoms with Gasteiger partial charge in [-0.2, -0.15) is 4.31 Å². The smallest absolute Gasteiger partial charge is 0.312 e. The predicted molar refractivity (Wildman–Crippen MR) is 113 cm³/mol. The van der Waals surface area contributed by atoms with E-state index in [2.05, 4.69) is 0 Å². The third-order valence-corrected chi connectivity index (χ3v) is 6.74. The van der Waals surface area contributed by atoms with Crippen LogP contribution in [0.5, 0.6) is 5.75 Å². The minimum absolute atomic E-state index is 0.152. The van der Waals surface area contributed by atoms with Crippen molar-refractivity contribution in [3.63, 3.8) is 0 Å². The van der Waals surface area contributed by atoms with E-state index in [1.807, 2.05) is 0 Å². The van der Waals surface area contributed by atoms with Crippen molar-refractivity contribution >= 4 is 27.3 Å². The molecule has 0 saturated carbocycles. The Hall–Kier alpha value is -3.09. The van der Waals surface area contributed by atoms with E-state index in [0.717, 1.165) is 12.1 Å². The Kier molecular flexibility index (Phi) is 7.38. The molecule has 0 radical (unpaired) electrons. The minimum atomic E-state index is -3.94. The first-order valence-electron chi connectivity index (χ1n) is 9.79. The number of halogens is 1. The van der Waals surface area contributed by atoms with E-state index in [1.54, 1.807) is 6.92 Å². The summed E-state index contributed by atoms with van der Waals surface area (Å²) >= 11 is 0.